The Bertz CT molecular complexity index is 703. The van der Waals surface area contributed by atoms with Gasteiger partial charge < -0.3 is 10.0 Å². The van der Waals surface area contributed by atoms with Gasteiger partial charge in [0, 0.05) is 0 Å². The van der Waals surface area contributed by atoms with Gasteiger partial charge in [-0.05, 0) is 72.6 Å². The number of hydrogen-bond donors (Lipinski definition) is 2. The Morgan fingerprint density at radius 1 is 1.27 bits per heavy atom. The van der Waals surface area contributed by atoms with Crippen LogP contribution in [0.25, 0.3) is 5.69 Å². The molecular formula is C15H22N5OS+. The van der Waals surface area contributed by atoms with E-state index in [-0.39, 0.29) is 6.10 Å². The van der Waals surface area contributed by atoms with Gasteiger partial charge in [0.2, 0.25) is 4.77 Å². The van der Waals surface area contributed by atoms with Crippen LogP contribution in [0.2, 0.25) is 0 Å². The molecule has 6 nitrogen and oxygen atoms in total. The van der Waals surface area contributed by atoms with Crippen LogP contribution in [-0.4, -0.2) is 44.1 Å². The molecule has 2 atom stereocenters. The van der Waals surface area contributed by atoms with Gasteiger partial charge in [0.05, 0.1) is 12.2 Å². The van der Waals surface area contributed by atoms with Gasteiger partial charge in [-0.15, -0.1) is 0 Å². The van der Waals surface area contributed by atoms with Gasteiger partial charge in [-0.1, -0.05) is 6.07 Å². The van der Waals surface area contributed by atoms with Crippen LogP contribution in [0.3, 0.4) is 0 Å². The molecule has 1 unspecified atom stereocenters. The minimum absolute atomic E-state index is 0.215. The molecule has 1 fully saturated rings. The van der Waals surface area contributed by atoms with E-state index in [1.54, 1.807) is 9.36 Å². The van der Waals surface area contributed by atoms with E-state index in [1.807, 2.05) is 0 Å². The number of nitrogens with one attached hydrogen (secondary N) is 1. The Morgan fingerprint density at radius 3 is 2.68 bits per heavy atom. The minimum Gasteiger partial charge on any atom is -0.387 e. The lowest BCUT2D eigenvalue weighted by molar-refractivity contribution is -0.931. The molecule has 118 valence electrons. The first kappa shape index (κ1) is 15.3. The average Bonchev–Trinajstić information content (AvgIpc) is 2.79. The smallest absolute Gasteiger partial charge is 0.225 e. The standard InChI is InChI=1S/C15H21N5OS/c1-11-6-12(2)8-13(7-11)20-15(22)19(16-17-20)10-18-5-3-4-14(21)9-18/h6-8,14,21H,3-5,9-10H2,1-2H3/p+1/t14-/m0/s1. The first-order valence-corrected chi connectivity index (χ1v) is 8.07. The molecule has 0 aliphatic carbocycles. The van der Waals surface area contributed by atoms with Gasteiger partial charge in [-0.3, -0.25) is 0 Å². The van der Waals surface area contributed by atoms with E-state index in [0.717, 1.165) is 31.6 Å². The van der Waals surface area contributed by atoms with E-state index in [2.05, 4.69) is 42.5 Å². The SMILES string of the molecule is Cc1cc(C)cc(-n2nnn(C[NH+]3CCC[C@H](O)C3)c2=S)c1. The fourth-order valence-corrected chi connectivity index (χ4v) is 3.33. The first-order chi connectivity index (χ1) is 10.5. The molecule has 2 N–H and O–H groups in total. The lowest BCUT2D eigenvalue weighted by atomic mass is 10.1. The van der Waals surface area contributed by atoms with Crippen molar-refractivity contribution in [2.75, 3.05) is 13.1 Å². The Morgan fingerprint density at radius 2 is 2.00 bits per heavy atom. The molecule has 1 aromatic carbocycles. The molecule has 1 aliphatic rings. The second-order valence-corrected chi connectivity index (χ2v) is 6.54. The highest BCUT2D eigenvalue weighted by Gasteiger charge is 2.22. The molecule has 0 radical (unpaired) electrons. The number of aryl methyl sites for hydroxylation is 2. The topological polar surface area (TPSA) is 60.3 Å². The second kappa shape index (κ2) is 6.28. The van der Waals surface area contributed by atoms with Crippen LogP contribution in [0.5, 0.6) is 0 Å². The molecule has 1 aliphatic heterocycles. The molecule has 1 aromatic heterocycles. The number of benzene rings is 1. The lowest BCUT2D eigenvalue weighted by Gasteiger charge is -2.26. The summed E-state index contributed by atoms with van der Waals surface area (Å²) in [7, 11) is 0. The van der Waals surface area contributed by atoms with Gasteiger partial charge in [0.1, 0.15) is 12.6 Å². The average molecular weight is 320 g/mol. The molecule has 0 saturated carbocycles. The van der Waals surface area contributed by atoms with Crippen LogP contribution in [-0.2, 0) is 6.67 Å². The Labute approximate surface area is 135 Å². The summed E-state index contributed by atoms with van der Waals surface area (Å²) in [6.07, 6.45) is 1.71. The number of rotatable bonds is 3. The third-order valence-corrected chi connectivity index (χ3v) is 4.44. The van der Waals surface area contributed by atoms with E-state index < -0.39 is 0 Å². The van der Waals surface area contributed by atoms with Crippen molar-refractivity contribution in [1.29, 1.82) is 0 Å². The van der Waals surface area contributed by atoms with Gasteiger partial charge in [-0.2, -0.15) is 9.36 Å². The summed E-state index contributed by atoms with van der Waals surface area (Å²) in [5.74, 6) is 0. The van der Waals surface area contributed by atoms with Crippen molar-refractivity contribution in [1.82, 2.24) is 19.8 Å². The predicted molar refractivity (Wildman–Crippen MR) is 85.6 cm³/mol. The fourth-order valence-electron chi connectivity index (χ4n) is 3.09. The highest BCUT2D eigenvalue weighted by molar-refractivity contribution is 7.71. The summed E-state index contributed by atoms with van der Waals surface area (Å²) in [6, 6.07) is 6.23. The summed E-state index contributed by atoms with van der Waals surface area (Å²) < 4.78 is 4.05. The molecule has 0 bridgehead atoms. The van der Waals surface area contributed by atoms with Crippen LogP contribution >= 0.6 is 12.2 Å². The monoisotopic (exact) mass is 320 g/mol. The van der Waals surface area contributed by atoms with Crippen LogP contribution < -0.4 is 4.90 Å². The quantitative estimate of drug-likeness (QED) is 0.805. The maximum absolute atomic E-state index is 9.77. The zero-order valence-electron chi connectivity index (χ0n) is 13.0. The Hall–Kier alpha value is -1.57. The van der Waals surface area contributed by atoms with Gasteiger partial charge >= 0.3 is 0 Å². The Balaban J connectivity index is 1.84. The summed E-state index contributed by atoms with van der Waals surface area (Å²) in [6.45, 7) is 6.56. The summed E-state index contributed by atoms with van der Waals surface area (Å²) >= 11 is 5.52. The van der Waals surface area contributed by atoms with Crippen LogP contribution in [0.1, 0.15) is 24.0 Å². The van der Waals surface area contributed by atoms with Crippen LogP contribution in [0.4, 0.5) is 0 Å². The molecule has 22 heavy (non-hydrogen) atoms. The number of aromatic nitrogens is 4. The molecule has 3 rings (SSSR count). The van der Waals surface area contributed by atoms with Crippen LogP contribution in [0.15, 0.2) is 18.2 Å². The van der Waals surface area contributed by atoms with Gasteiger partial charge in [0.15, 0.2) is 6.67 Å². The summed E-state index contributed by atoms with van der Waals surface area (Å²) in [5, 5.41) is 18.2. The van der Waals surface area contributed by atoms with E-state index in [9.17, 15) is 5.11 Å². The summed E-state index contributed by atoms with van der Waals surface area (Å²) in [5.41, 5.74) is 3.30. The number of hydrogen-bond acceptors (Lipinski definition) is 4. The third-order valence-electron chi connectivity index (χ3n) is 4.06. The number of likely N-dealkylation sites (tertiary alicyclic amines) is 1. The molecular weight excluding hydrogens is 298 g/mol. The number of tetrazole rings is 1. The zero-order valence-corrected chi connectivity index (χ0v) is 13.8. The van der Waals surface area contributed by atoms with Crippen molar-refractivity contribution in [3.05, 3.63) is 34.1 Å². The van der Waals surface area contributed by atoms with E-state index in [1.165, 1.54) is 16.0 Å². The number of aliphatic hydroxyl groups excluding tert-OH is 1. The van der Waals surface area contributed by atoms with E-state index in [0.29, 0.717) is 11.4 Å². The van der Waals surface area contributed by atoms with Gasteiger partial charge in [-0.25, -0.2) is 0 Å². The number of nitrogens with zero attached hydrogens (tertiary/aromatic N) is 4. The van der Waals surface area contributed by atoms with Crippen molar-refractivity contribution in [2.24, 2.45) is 0 Å². The highest BCUT2D eigenvalue weighted by atomic mass is 32.1. The molecule has 2 heterocycles. The highest BCUT2D eigenvalue weighted by Crippen LogP contribution is 2.12. The largest absolute Gasteiger partial charge is 0.387 e. The van der Waals surface area contributed by atoms with E-state index in [4.69, 9.17) is 12.2 Å². The number of aliphatic hydroxyl groups is 1. The number of piperidine rings is 1. The van der Waals surface area contributed by atoms with Crippen molar-refractivity contribution < 1.29 is 10.0 Å². The number of quaternary nitrogens is 1. The molecule has 7 heteroatoms. The fraction of sp³-hybridized carbons (Fsp3) is 0.533. The van der Waals surface area contributed by atoms with Gasteiger partial charge in [0.25, 0.3) is 0 Å². The third kappa shape index (κ3) is 3.26. The molecule has 0 spiro atoms. The normalized spacial score (nSPS) is 22.0. The maximum atomic E-state index is 9.77. The maximum Gasteiger partial charge on any atom is 0.225 e. The van der Waals surface area contributed by atoms with E-state index >= 15 is 0 Å². The Kier molecular flexibility index (Phi) is 4.37. The first-order valence-electron chi connectivity index (χ1n) is 7.66. The minimum atomic E-state index is -0.215. The van der Waals surface area contributed by atoms with Crippen molar-refractivity contribution in [3.8, 4) is 5.69 Å². The molecule has 1 saturated heterocycles. The lowest BCUT2D eigenvalue weighted by Crippen LogP contribution is -3.13. The predicted octanol–water partition coefficient (Wildman–Crippen LogP) is 0.412. The van der Waals surface area contributed by atoms with Crippen molar-refractivity contribution in [3.63, 3.8) is 0 Å². The van der Waals surface area contributed by atoms with Crippen molar-refractivity contribution >= 4 is 12.2 Å². The molecule has 2 aromatic rings. The van der Waals surface area contributed by atoms with Crippen LogP contribution in [0, 0.1) is 18.6 Å². The summed E-state index contributed by atoms with van der Waals surface area (Å²) in [4.78, 5) is 1.29. The zero-order chi connectivity index (χ0) is 15.7. The molecule has 0 amide bonds. The van der Waals surface area contributed by atoms with Crippen molar-refractivity contribution in [2.45, 2.75) is 39.5 Å². The second-order valence-electron chi connectivity index (χ2n) is 6.18.